The van der Waals surface area contributed by atoms with Crippen molar-refractivity contribution < 1.29 is 14.0 Å². The van der Waals surface area contributed by atoms with Crippen LogP contribution in [0.1, 0.15) is 29.3 Å². The van der Waals surface area contributed by atoms with Gasteiger partial charge in [0.15, 0.2) is 11.4 Å². The Labute approximate surface area is 104 Å². The first-order chi connectivity index (χ1) is 8.13. The quantitative estimate of drug-likeness (QED) is 0.595. The van der Waals surface area contributed by atoms with Crippen LogP contribution in [0, 0.1) is 5.82 Å². The molecule has 1 aromatic carbocycles. The number of aldehydes is 1. The van der Waals surface area contributed by atoms with Gasteiger partial charge in [-0.15, -0.1) is 0 Å². The average Bonchev–Trinajstić information content (AvgIpc) is 2.28. The van der Waals surface area contributed by atoms with Crippen molar-refractivity contribution in [1.29, 1.82) is 0 Å². The van der Waals surface area contributed by atoms with Gasteiger partial charge >= 0.3 is 0 Å². The van der Waals surface area contributed by atoms with Gasteiger partial charge in [-0.25, -0.2) is 4.39 Å². The molecule has 17 heavy (non-hydrogen) atoms. The minimum absolute atomic E-state index is 0.0642. The third-order valence-corrected chi connectivity index (χ3v) is 2.90. The van der Waals surface area contributed by atoms with E-state index < -0.39 is 5.82 Å². The summed E-state index contributed by atoms with van der Waals surface area (Å²) in [6.45, 7) is 1.53. The molecular weight excluding hydrogens is 239 g/mol. The van der Waals surface area contributed by atoms with Crippen molar-refractivity contribution in [3.05, 3.63) is 41.2 Å². The van der Waals surface area contributed by atoms with E-state index in [1.54, 1.807) is 12.1 Å². The number of benzene rings is 1. The summed E-state index contributed by atoms with van der Waals surface area (Å²) in [7, 11) is 0. The van der Waals surface area contributed by atoms with Crippen LogP contribution in [0.2, 0.25) is 0 Å². The van der Waals surface area contributed by atoms with Gasteiger partial charge in [0.05, 0.1) is 5.56 Å². The number of halogens is 1. The highest BCUT2D eigenvalue weighted by Gasteiger charge is 2.00. The molecule has 0 aromatic heterocycles. The third kappa shape index (κ3) is 4.95. The highest BCUT2D eigenvalue weighted by Crippen LogP contribution is 2.11. The lowest BCUT2D eigenvalue weighted by molar-refractivity contribution is -0.109. The largest absolute Gasteiger partial charge is 0.298 e. The molecule has 4 heteroatoms. The molecule has 0 N–H and O–H groups in total. The first-order valence-corrected chi connectivity index (χ1v) is 6.16. The topological polar surface area (TPSA) is 34.1 Å². The van der Waals surface area contributed by atoms with E-state index in [-0.39, 0.29) is 10.7 Å². The van der Waals surface area contributed by atoms with Crippen molar-refractivity contribution in [2.45, 2.75) is 13.3 Å². The summed E-state index contributed by atoms with van der Waals surface area (Å²) < 4.78 is 13.2. The molecule has 0 aliphatic heterocycles. The summed E-state index contributed by atoms with van der Waals surface area (Å²) in [5, 5.41) is 0.0970. The van der Waals surface area contributed by atoms with Gasteiger partial charge < -0.3 is 0 Å². The van der Waals surface area contributed by atoms with Gasteiger partial charge in [0.25, 0.3) is 0 Å². The van der Waals surface area contributed by atoms with Crippen LogP contribution in [-0.4, -0.2) is 17.2 Å². The van der Waals surface area contributed by atoms with Gasteiger partial charge in [0.2, 0.25) is 0 Å². The van der Waals surface area contributed by atoms with Gasteiger partial charge in [-0.05, 0) is 24.1 Å². The Morgan fingerprint density at radius 3 is 2.82 bits per heavy atom. The Morgan fingerprint density at radius 2 is 2.24 bits per heavy atom. The number of carbonyl (C=O) groups excluding carboxylic acids is 2. The van der Waals surface area contributed by atoms with E-state index >= 15 is 0 Å². The zero-order valence-electron chi connectivity index (χ0n) is 9.48. The fourth-order valence-electron chi connectivity index (χ4n) is 1.23. The van der Waals surface area contributed by atoms with Gasteiger partial charge in [0, 0.05) is 12.7 Å². The molecule has 0 atom stereocenters. The molecule has 0 bridgehead atoms. The zero-order chi connectivity index (χ0) is 12.7. The number of hydrogen-bond acceptors (Lipinski definition) is 3. The standard InChI is InChI=1S/C13H13FO2S/c1-10(16)17-7-3-2-4-11-5-6-12(9-15)13(14)8-11/h2,4-6,8-9H,3,7H2,1H3. The molecule has 0 aliphatic rings. The predicted molar refractivity (Wildman–Crippen MR) is 68.6 cm³/mol. The highest BCUT2D eigenvalue weighted by molar-refractivity contribution is 8.13. The van der Waals surface area contributed by atoms with Gasteiger partial charge in [0.1, 0.15) is 5.82 Å². The van der Waals surface area contributed by atoms with Crippen LogP contribution in [0.4, 0.5) is 4.39 Å². The van der Waals surface area contributed by atoms with Crippen LogP contribution in [0.15, 0.2) is 24.3 Å². The van der Waals surface area contributed by atoms with Crippen LogP contribution in [0.5, 0.6) is 0 Å². The van der Waals surface area contributed by atoms with Crippen molar-refractivity contribution in [1.82, 2.24) is 0 Å². The molecule has 2 nitrogen and oxygen atoms in total. The van der Waals surface area contributed by atoms with Crippen molar-refractivity contribution in [3.63, 3.8) is 0 Å². The first kappa shape index (κ1) is 13.6. The van der Waals surface area contributed by atoms with E-state index in [1.807, 2.05) is 6.08 Å². The summed E-state index contributed by atoms with van der Waals surface area (Å²) in [6, 6.07) is 4.45. The Kier molecular flexibility index (Phi) is 5.63. The highest BCUT2D eigenvalue weighted by atomic mass is 32.2. The fourth-order valence-corrected chi connectivity index (χ4v) is 1.77. The van der Waals surface area contributed by atoms with Crippen molar-refractivity contribution >= 4 is 29.2 Å². The van der Waals surface area contributed by atoms with Crippen LogP contribution in [-0.2, 0) is 4.79 Å². The van der Waals surface area contributed by atoms with Gasteiger partial charge in [-0.2, -0.15) is 0 Å². The molecule has 0 fully saturated rings. The van der Waals surface area contributed by atoms with E-state index in [4.69, 9.17) is 0 Å². The normalized spacial score (nSPS) is 10.7. The third-order valence-electron chi connectivity index (χ3n) is 2.05. The number of hydrogen-bond donors (Lipinski definition) is 0. The van der Waals surface area contributed by atoms with Crippen molar-refractivity contribution in [3.8, 4) is 0 Å². The molecule has 0 amide bonds. The van der Waals surface area contributed by atoms with Crippen molar-refractivity contribution in [2.24, 2.45) is 0 Å². The second-order valence-electron chi connectivity index (χ2n) is 3.43. The number of carbonyl (C=O) groups is 2. The average molecular weight is 252 g/mol. The maximum absolute atomic E-state index is 13.2. The smallest absolute Gasteiger partial charge is 0.185 e. The molecule has 0 saturated heterocycles. The van der Waals surface area contributed by atoms with E-state index in [0.717, 1.165) is 12.2 Å². The molecule has 0 saturated carbocycles. The molecule has 0 heterocycles. The lowest BCUT2D eigenvalue weighted by Gasteiger charge is -1.97. The summed E-state index contributed by atoms with van der Waals surface area (Å²) in [4.78, 5) is 21.1. The Balaban J connectivity index is 2.51. The molecular formula is C13H13FO2S. The number of thioether (sulfide) groups is 1. The maximum Gasteiger partial charge on any atom is 0.185 e. The van der Waals surface area contributed by atoms with Crippen molar-refractivity contribution in [2.75, 3.05) is 5.75 Å². The van der Waals surface area contributed by atoms with Crippen LogP contribution < -0.4 is 0 Å². The molecule has 90 valence electrons. The Morgan fingerprint density at radius 1 is 1.47 bits per heavy atom. The molecule has 0 radical (unpaired) electrons. The summed E-state index contributed by atoms with van der Waals surface area (Å²) in [6.07, 6.45) is 4.90. The fraction of sp³-hybridized carbons (Fsp3) is 0.231. The molecule has 1 aromatic rings. The Hall–Kier alpha value is -1.42. The van der Waals surface area contributed by atoms with Gasteiger partial charge in [-0.1, -0.05) is 30.0 Å². The summed E-state index contributed by atoms with van der Waals surface area (Å²) >= 11 is 1.27. The van der Waals surface area contributed by atoms with E-state index in [1.165, 1.54) is 30.8 Å². The summed E-state index contributed by atoms with van der Waals surface area (Å²) in [5.74, 6) is 0.209. The monoisotopic (exact) mass is 252 g/mol. The van der Waals surface area contributed by atoms with E-state index in [2.05, 4.69) is 0 Å². The molecule has 1 rings (SSSR count). The molecule has 0 unspecified atom stereocenters. The maximum atomic E-state index is 13.2. The second kappa shape index (κ2) is 7.01. The summed E-state index contributed by atoms with van der Waals surface area (Å²) in [5.41, 5.74) is 0.773. The SMILES string of the molecule is CC(=O)SCCC=Cc1ccc(C=O)c(F)c1. The molecule has 0 aliphatic carbocycles. The zero-order valence-corrected chi connectivity index (χ0v) is 10.3. The van der Waals surface area contributed by atoms with Gasteiger partial charge in [-0.3, -0.25) is 9.59 Å². The predicted octanol–water partition coefficient (Wildman–Crippen LogP) is 3.32. The first-order valence-electron chi connectivity index (χ1n) is 5.18. The Bertz CT molecular complexity index is 441. The number of allylic oxidation sites excluding steroid dienone is 1. The minimum Gasteiger partial charge on any atom is -0.298 e. The molecule has 0 spiro atoms. The second-order valence-corrected chi connectivity index (χ2v) is 4.70. The lowest BCUT2D eigenvalue weighted by atomic mass is 10.1. The van der Waals surface area contributed by atoms with E-state index in [9.17, 15) is 14.0 Å². The minimum atomic E-state index is -0.514. The van der Waals surface area contributed by atoms with Crippen LogP contribution in [0.25, 0.3) is 6.08 Å². The van der Waals surface area contributed by atoms with Crippen LogP contribution in [0.3, 0.4) is 0 Å². The van der Waals surface area contributed by atoms with E-state index in [0.29, 0.717) is 11.8 Å². The van der Waals surface area contributed by atoms with Crippen LogP contribution >= 0.6 is 11.8 Å². The number of rotatable bonds is 5. The lowest BCUT2D eigenvalue weighted by Crippen LogP contribution is -1.87.